The minimum Gasteiger partial charge on any atom is -0.343 e. The quantitative estimate of drug-likeness (QED) is 0.746. The molecule has 0 spiro atoms. The van der Waals surface area contributed by atoms with Gasteiger partial charge in [-0.05, 0) is 19.9 Å². The maximum atomic E-state index is 12.1. The lowest BCUT2D eigenvalue weighted by Crippen LogP contribution is -2.40. The highest BCUT2D eigenvalue weighted by Crippen LogP contribution is 2.05. The standard InChI is InChI=1S/C15H20N4O2/c1-3-19(4-2)14(20)11-18-15(21)13-7-9-17-10-12(13)6-5-8-16/h7,9-10H,3-4,8,11,16H2,1-2H3,(H,18,21). The highest BCUT2D eigenvalue weighted by atomic mass is 16.2. The Kier molecular flexibility index (Phi) is 6.92. The molecule has 1 aromatic heterocycles. The Balaban J connectivity index is 2.74. The summed E-state index contributed by atoms with van der Waals surface area (Å²) < 4.78 is 0. The van der Waals surface area contributed by atoms with Crippen LogP contribution in [-0.4, -0.2) is 47.9 Å². The fraction of sp³-hybridized carbons (Fsp3) is 0.400. The monoisotopic (exact) mass is 288 g/mol. The molecule has 1 heterocycles. The van der Waals surface area contributed by atoms with E-state index >= 15 is 0 Å². The molecular formula is C15H20N4O2. The van der Waals surface area contributed by atoms with Crippen molar-refractivity contribution in [2.45, 2.75) is 13.8 Å². The average Bonchev–Trinajstić information content (AvgIpc) is 2.52. The lowest BCUT2D eigenvalue weighted by atomic mass is 10.1. The van der Waals surface area contributed by atoms with Gasteiger partial charge >= 0.3 is 0 Å². The maximum Gasteiger partial charge on any atom is 0.253 e. The molecule has 0 aliphatic heterocycles. The van der Waals surface area contributed by atoms with Crippen molar-refractivity contribution in [2.75, 3.05) is 26.2 Å². The number of likely N-dealkylation sites (N-methyl/N-ethyl adjacent to an activating group) is 1. The average molecular weight is 288 g/mol. The van der Waals surface area contributed by atoms with E-state index in [2.05, 4.69) is 22.1 Å². The molecule has 112 valence electrons. The minimum atomic E-state index is -0.348. The first-order chi connectivity index (χ1) is 10.1. The topological polar surface area (TPSA) is 88.3 Å². The molecule has 0 saturated heterocycles. The molecular weight excluding hydrogens is 268 g/mol. The van der Waals surface area contributed by atoms with Crippen molar-refractivity contribution in [3.8, 4) is 11.8 Å². The summed E-state index contributed by atoms with van der Waals surface area (Å²) in [5.41, 5.74) is 6.20. The van der Waals surface area contributed by atoms with E-state index in [0.717, 1.165) is 0 Å². The largest absolute Gasteiger partial charge is 0.343 e. The van der Waals surface area contributed by atoms with Crippen LogP contribution in [0, 0.1) is 11.8 Å². The van der Waals surface area contributed by atoms with E-state index in [4.69, 9.17) is 5.73 Å². The van der Waals surface area contributed by atoms with Crippen LogP contribution >= 0.6 is 0 Å². The molecule has 6 nitrogen and oxygen atoms in total. The van der Waals surface area contributed by atoms with E-state index in [1.54, 1.807) is 11.0 Å². The van der Waals surface area contributed by atoms with Gasteiger partial charge in [0, 0.05) is 25.5 Å². The number of nitrogens with one attached hydrogen (secondary N) is 1. The highest BCUT2D eigenvalue weighted by molar-refractivity contribution is 5.98. The van der Waals surface area contributed by atoms with Crippen molar-refractivity contribution in [1.82, 2.24) is 15.2 Å². The van der Waals surface area contributed by atoms with Gasteiger partial charge in [-0.25, -0.2) is 0 Å². The van der Waals surface area contributed by atoms with Crippen LogP contribution in [-0.2, 0) is 4.79 Å². The van der Waals surface area contributed by atoms with Gasteiger partial charge in [-0.1, -0.05) is 11.8 Å². The third kappa shape index (κ3) is 4.89. The summed E-state index contributed by atoms with van der Waals surface area (Å²) in [4.78, 5) is 29.6. The molecule has 6 heteroatoms. The number of carbonyl (C=O) groups excluding carboxylic acids is 2. The smallest absolute Gasteiger partial charge is 0.253 e. The summed E-state index contributed by atoms with van der Waals surface area (Å²) in [7, 11) is 0. The first-order valence-electron chi connectivity index (χ1n) is 6.82. The molecule has 0 aromatic carbocycles. The molecule has 21 heavy (non-hydrogen) atoms. The zero-order valence-corrected chi connectivity index (χ0v) is 12.3. The van der Waals surface area contributed by atoms with Crippen LogP contribution in [0.3, 0.4) is 0 Å². The summed E-state index contributed by atoms with van der Waals surface area (Å²) in [5, 5.41) is 2.61. The fourth-order valence-electron chi connectivity index (χ4n) is 1.78. The summed E-state index contributed by atoms with van der Waals surface area (Å²) in [6, 6.07) is 1.57. The van der Waals surface area contributed by atoms with E-state index in [9.17, 15) is 9.59 Å². The Morgan fingerprint density at radius 3 is 2.71 bits per heavy atom. The number of hydrogen-bond acceptors (Lipinski definition) is 4. The summed E-state index contributed by atoms with van der Waals surface area (Å²) in [6.07, 6.45) is 3.01. The van der Waals surface area contributed by atoms with Crippen molar-refractivity contribution in [2.24, 2.45) is 5.73 Å². The number of aromatic nitrogens is 1. The molecule has 0 unspecified atom stereocenters. The van der Waals surface area contributed by atoms with Gasteiger partial charge in [-0.2, -0.15) is 0 Å². The van der Waals surface area contributed by atoms with Crippen LogP contribution in [0.15, 0.2) is 18.5 Å². The molecule has 0 atom stereocenters. The number of pyridine rings is 1. The first-order valence-corrected chi connectivity index (χ1v) is 6.82. The van der Waals surface area contributed by atoms with E-state index in [1.165, 1.54) is 12.4 Å². The number of carbonyl (C=O) groups is 2. The molecule has 3 N–H and O–H groups in total. The number of amides is 2. The second-order valence-electron chi connectivity index (χ2n) is 4.18. The van der Waals surface area contributed by atoms with Crippen LogP contribution in [0.25, 0.3) is 0 Å². The van der Waals surface area contributed by atoms with E-state index in [0.29, 0.717) is 24.2 Å². The molecule has 1 rings (SSSR count). The predicted octanol–water partition coefficient (Wildman–Crippen LogP) is -0.01000. The molecule has 0 fully saturated rings. The molecule has 2 amide bonds. The first kappa shape index (κ1) is 16.7. The van der Waals surface area contributed by atoms with Gasteiger partial charge in [0.25, 0.3) is 5.91 Å². The van der Waals surface area contributed by atoms with Crippen LogP contribution in [0.5, 0.6) is 0 Å². The third-order valence-electron chi connectivity index (χ3n) is 2.91. The van der Waals surface area contributed by atoms with Crippen LogP contribution < -0.4 is 11.1 Å². The SMILES string of the molecule is CCN(CC)C(=O)CNC(=O)c1ccncc1C#CCN. The molecule has 1 aromatic rings. The second kappa shape index (κ2) is 8.72. The van der Waals surface area contributed by atoms with Crippen molar-refractivity contribution >= 4 is 11.8 Å². The zero-order valence-electron chi connectivity index (χ0n) is 12.3. The number of hydrogen-bond donors (Lipinski definition) is 2. The minimum absolute atomic E-state index is 0.0351. The van der Waals surface area contributed by atoms with Crippen LogP contribution in [0.2, 0.25) is 0 Å². The Hall–Kier alpha value is -2.39. The van der Waals surface area contributed by atoms with Crippen molar-refractivity contribution < 1.29 is 9.59 Å². The van der Waals surface area contributed by atoms with Gasteiger partial charge in [0.05, 0.1) is 24.2 Å². The van der Waals surface area contributed by atoms with E-state index < -0.39 is 0 Å². The van der Waals surface area contributed by atoms with Gasteiger partial charge in [-0.3, -0.25) is 14.6 Å². The maximum absolute atomic E-state index is 12.1. The molecule has 0 saturated carbocycles. The Morgan fingerprint density at radius 1 is 1.38 bits per heavy atom. The molecule has 0 aliphatic carbocycles. The van der Waals surface area contributed by atoms with Crippen LogP contribution in [0.1, 0.15) is 29.8 Å². The van der Waals surface area contributed by atoms with Crippen LogP contribution in [0.4, 0.5) is 0 Å². The summed E-state index contributed by atoms with van der Waals surface area (Å²) >= 11 is 0. The lowest BCUT2D eigenvalue weighted by Gasteiger charge is -2.18. The fourth-order valence-corrected chi connectivity index (χ4v) is 1.78. The summed E-state index contributed by atoms with van der Waals surface area (Å²) in [5.74, 6) is 5.01. The Bertz CT molecular complexity index is 556. The van der Waals surface area contributed by atoms with Gasteiger partial charge in [0.1, 0.15) is 0 Å². The number of rotatable bonds is 5. The highest BCUT2D eigenvalue weighted by Gasteiger charge is 2.14. The summed E-state index contributed by atoms with van der Waals surface area (Å²) in [6.45, 7) is 5.20. The van der Waals surface area contributed by atoms with Gasteiger partial charge < -0.3 is 16.0 Å². The number of nitrogens with zero attached hydrogens (tertiary/aromatic N) is 2. The van der Waals surface area contributed by atoms with Gasteiger partial charge in [0.15, 0.2) is 0 Å². The van der Waals surface area contributed by atoms with Gasteiger partial charge in [0.2, 0.25) is 5.91 Å². The lowest BCUT2D eigenvalue weighted by molar-refractivity contribution is -0.129. The predicted molar refractivity (Wildman–Crippen MR) is 80.4 cm³/mol. The Labute approximate surface area is 124 Å². The van der Waals surface area contributed by atoms with Gasteiger partial charge in [-0.15, -0.1) is 0 Å². The molecule has 0 bridgehead atoms. The third-order valence-corrected chi connectivity index (χ3v) is 2.91. The molecule has 0 aliphatic rings. The number of nitrogens with two attached hydrogens (primary N) is 1. The normalized spacial score (nSPS) is 9.48. The van der Waals surface area contributed by atoms with E-state index in [-0.39, 0.29) is 24.9 Å². The Morgan fingerprint density at radius 2 is 2.10 bits per heavy atom. The molecule has 0 radical (unpaired) electrons. The van der Waals surface area contributed by atoms with Crippen molar-refractivity contribution in [3.05, 3.63) is 29.6 Å². The van der Waals surface area contributed by atoms with E-state index in [1.807, 2.05) is 13.8 Å². The van der Waals surface area contributed by atoms with Crippen molar-refractivity contribution in [1.29, 1.82) is 0 Å². The van der Waals surface area contributed by atoms with Crippen molar-refractivity contribution in [3.63, 3.8) is 0 Å². The second-order valence-corrected chi connectivity index (χ2v) is 4.18. The zero-order chi connectivity index (χ0) is 15.7.